The quantitative estimate of drug-likeness (QED) is 0.117. The van der Waals surface area contributed by atoms with Gasteiger partial charge in [-0.2, -0.15) is 13.2 Å². The lowest BCUT2D eigenvalue weighted by Crippen LogP contribution is -2.45. The summed E-state index contributed by atoms with van der Waals surface area (Å²) in [5, 5.41) is 6.23. The number of nitrogens with one attached hydrogen (secondary N) is 2. The summed E-state index contributed by atoms with van der Waals surface area (Å²) in [6, 6.07) is 18.5. The van der Waals surface area contributed by atoms with Crippen molar-refractivity contribution in [3.8, 4) is 11.1 Å². The predicted octanol–water partition coefficient (Wildman–Crippen LogP) is 8.71. The molecule has 0 unspecified atom stereocenters. The monoisotopic (exact) mass is 685 g/mol. The maximum Gasteiger partial charge on any atom is 0.416 e. The molecule has 4 rings (SSSR count). The van der Waals surface area contributed by atoms with Crippen molar-refractivity contribution < 1.29 is 22.8 Å². The number of amides is 2. The van der Waals surface area contributed by atoms with Crippen LogP contribution in [0, 0.1) is 0 Å². The van der Waals surface area contributed by atoms with Crippen molar-refractivity contribution in [2.45, 2.75) is 80.8 Å². The molecule has 0 bridgehead atoms. The highest BCUT2D eigenvalue weighted by Gasteiger charge is 2.30. The summed E-state index contributed by atoms with van der Waals surface area (Å²) >= 11 is 3.74. The molecule has 0 saturated carbocycles. The van der Waals surface area contributed by atoms with Crippen molar-refractivity contribution in [2.24, 2.45) is 0 Å². The van der Waals surface area contributed by atoms with Crippen LogP contribution >= 0.6 is 23.5 Å². The number of hydrogen-bond acceptors (Lipinski definition) is 5. The number of benzene rings is 3. The number of piperidine rings is 1. The third kappa shape index (κ3) is 11.3. The first kappa shape index (κ1) is 36.9. The molecule has 3 aromatic carbocycles. The van der Waals surface area contributed by atoms with Crippen LogP contribution in [0.15, 0.2) is 76.5 Å². The van der Waals surface area contributed by atoms with Gasteiger partial charge in [0.15, 0.2) is 0 Å². The largest absolute Gasteiger partial charge is 0.416 e. The van der Waals surface area contributed by atoms with E-state index in [4.69, 9.17) is 0 Å². The Hall–Kier alpha value is -2.95. The van der Waals surface area contributed by atoms with Crippen molar-refractivity contribution >= 4 is 35.3 Å². The molecule has 1 fully saturated rings. The van der Waals surface area contributed by atoms with Crippen molar-refractivity contribution in [2.75, 3.05) is 37.7 Å². The number of hydrogen-bond donors (Lipinski definition) is 2. The van der Waals surface area contributed by atoms with Crippen LogP contribution in [0.5, 0.6) is 0 Å². The maximum atomic E-state index is 13.2. The minimum absolute atomic E-state index is 0.0443. The van der Waals surface area contributed by atoms with Gasteiger partial charge in [0.1, 0.15) is 0 Å². The van der Waals surface area contributed by atoms with E-state index in [1.165, 1.54) is 27.5 Å². The van der Waals surface area contributed by atoms with Crippen LogP contribution in [-0.4, -0.2) is 60.4 Å². The van der Waals surface area contributed by atoms with E-state index in [9.17, 15) is 22.8 Å². The Morgan fingerprint density at radius 3 is 2.15 bits per heavy atom. The van der Waals surface area contributed by atoms with Gasteiger partial charge in [-0.25, -0.2) is 0 Å². The smallest absolute Gasteiger partial charge is 0.356 e. The van der Waals surface area contributed by atoms with Gasteiger partial charge in [0.05, 0.1) is 5.56 Å². The van der Waals surface area contributed by atoms with Crippen LogP contribution < -0.4 is 10.6 Å². The number of halogens is 3. The zero-order valence-electron chi connectivity index (χ0n) is 27.3. The molecule has 0 aliphatic carbocycles. The highest BCUT2D eigenvalue weighted by atomic mass is 32.2. The molecule has 1 heterocycles. The second kappa shape index (κ2) is 18.6. The molecule has 0 spiro atoms. The highest BCUT2D eigenvalue weighted by molar-refractivity contribution is 8.00. The zero-order valence-corrected chi connectivity index (χ0v) is 29.0. The summed E-state index contributed by atoms with van der Waals surface area (Å²) in [5.74, 6) is 1.98. The molecule has 1 aliphatic rings. The van der Waals surface area contributed by atoms with Crippen molar-refractivity contribution in [1.29, 1.82) is 0 Å². The van der Waals surface area contributed by atoms with E-state index in [1.807, 2.05) is 23.5 Å². The van der Waals surface area contributed by atoms with Gasteiger partial charge in [-0.15, -0.1) is 23.5 Å². The molecule has 47 heavy (non-hydrogen) atoms. The number of likely N-dealkylation sites (tertiary alicyclic amines) is 1. The molecular formula is C37H46F3N3O2S2. The fourth-order valence-electron chi connectivity index (χ4n) is 5.91. The number of thioether (sulfide) groups is 2. The minimum Gasteiger partial charge on any atom is -0.356 e. The molecule has 1 saturated heterocycles. The molecule has 1 aliphatic heterocycles. The molecule has 0 atom stereocenters. The first-order chi connectivity index (χ1) is 22.7. The molecule has 2 N–H and O–H groups in total. The highest BCUT2D eigenvalue weighted by Crippen LogP contribution is 2.33. The summed E-state index contributed by atoms with van der Waals surface area (Å²) in [5.41, 5.74) is 2.30. The number of rotatable bonds is 16. The Bertz CT molecular complexity index is 1420. The third-order valence-corrected chi connectivity index (χ3v) is 10.3. The predicted molar refractivity (Wildman–Crippen MR) is 188 cm³/mol. The summed E-state index contributed by atoms with van der Waals surface area (Å²) in [6.07, 6.45) is 1.49. The Morgan fingerprint density at radius 2 is 1.51 bits per heavy atom. The summed E-state index contributed by atoms with van der Waals surface area (Å²) < 4.78 is 39.0. The zero-order chi connectivity index (χ0) is 33.6. The van der Waals surface area contributed by atoms with Gasteiger partial charge < -0.3 is 15.5 Å². The fraction of sp³-hybridized carbons (Fsp3) is 0.459. The van der Waals surface area contributed by atoms with E-state index in [0.717, 1.165) is 81.8 Å². The number of alkyl halides is 3. The lowest BCUT2D eigenvalue weighted by Gasteiger charge is -2.32. The van der Waals surface area contributed by atoms with Gasteiger partial charge >= 0.3 is 6.18 Å². The number of nitrogens with zero attached hydrogens (tertiary/aromatic N) is 1. The minimum atomic E-state index is -4.40. The third-order valence-electron chi connectivity index (χ3n) is 8.36. The van der Waals surface area contributed by atoms with Gasteiger partial charge in [0.25, 0.3) is 5.91 Å². The van der Waals surface area contributed by atoms with Crippen LogP contribution in [-0.2, 0) is 17.4 Å². The van der Waals surface area contributed by atoms with E-state index < -0.39 is 11.7 Å². The first-order valence-electron chi connectivity index (χ1n) is 16.6. The molecule has 254 valence electrons. The number of carbonyl (C=O) groups excluding carboxylic acids is 2. The van der Waals surface area contributed by atoms with Crippen molar-refractivity contribution in [1.82, 2.24) is 15.5 Å². The Balaban J connectivity index is 1.13. The molecule has 0 radical (unpaired) electrons. The Kier molecular flexibility index (Phi) is 14.6. The fourth-order valence-corrected chi connectivity index (χ4v) is 7.72. The van der Waals surface area contributed by atoms with E-state index in [1.54, 1.807) is 24.3 Å². The summed E-state index contributed by atoms with van der Waals surface area (Å²) in [6.45, 7) is 7.75. The molecular weight excluding hydrogens is 640 g/mol. The SMILES string of the molecule is CCSc1cccc(SCC)c1CCCC(=O)NCCCCN1CCC(NC(=O)c2ccccc2-c2ccc(C(F)(F)F)cc2)CC1. The van der Waals surface area contributed by atoms with E-state index >= 15 is 0 Å². The van der Waals surface area contributed by atoms with Crippen LogP contribution in [0.4, 0.5) is 13.2 Å². The molecule has 0 aromatic heterocycles. The molecule has 3 aromatic rings. The summed E-state index contributed by atoms with van der Waals surface area (Å²) in [4.78, 5) is 30.8. The van der Waals surface area contributed by atoms with E-state index in [-0.39, 0.29) is 17.9 Å². The second-order valence-electron chi connectivity index (χ2n) is 11.7. The van der Waals surface area contributed by atoms with Crippen LogP contribution in [0.3, 0.4) is 0 Å². The molecule has 2 amide bonds. The van der Waals surface area contributed by atoms with Gasteiger partial charge in [-0.3, -0.25) is 9.59 Å². The van der Waals surface area contributed by atoms with Crippen molar-refractivity contribution in [3.63, 3.8) is 0 Å². The van der Waals surface area contributed by atoms with Crippen LogP contribution in [0.1, 0.15) is 73.9 Å². The topological polar surface area (TPSA) is 61.4 Å². The normalized spacial score (nSPS) is 14.2. The maximum absolute atomic E-state index is 13.2. The summed E-state index contributed by atoms with van der Waals surface area (Å²) in [7, 11) is 0. The average molecular weight is 686 g/mol. The van der Waals surface area contributed by atoms with Gasteiger partial charge in [0.2, 0.25) is 5.91 Å². The van der Waals surface area contributed by atoms with Crippen LogP contribution in [0.25, 0.3) is 11.1 Å². The first-order valence-corrected chi connectivity index (χ1v) is 18.6. The Labute approximate surface area is 285 Å². The van der Waals surface area contributed by atoms with E-state index in [0.29, 0.717) is 29.7 Å². The second-order valence-corrected chi connectivity index (χ2v) is 14.3. The van der Waals surface area contributed by atoms with Gasteiger partial charge in [-0.1, -0.05) is 50.2 Å². The van der Waals surface area contributed by atoms with Gasteiger partial charge in [0, 0.05) is 47.5 Å². The molecule has 5 nitrogen and oxygen atoms in total. The lowest BCUT2D eigenvalue weighted by atomic mass is 9.97. The number of unbranched alkanes of at least 4 members (excludes halogenated alkanes) is 1. The standard InChI is InChI=1S/C37H46F3N3O2S2/c1-3-46-33-14-10-15-34(47-4-2)32(33)13-9-16-35(44)41-23-7-8-24-43-25-21-29(22-26-43)42-36(45)31-12-6-5-11-30(31)27-17-19-28(20-18-27)37(38,39)40/h5-6,10-12,14-15,17-20,29H,3-4,7-9,13,16,21-26H2,1-2H3,(H,41,44)(H,42,45). The lowest BCUT2D eigenvalue weighted by molar-refractivity contribution is -0.137. The van der Waals surface area contributed by atoms with E-state index in [2.05, 4.69) is 47.6 Å². The number of carbonyl (C=O) groups is 2. The van der Waals surface area contributed by atoms with Gasteiger partial charge in [-0.05, 0) is 104 Å². The van der Waals surface area contributed by atoms with Crippen LogP contribution in [0.2, 0.25) is 0 Å². The van der Waals surface area contributed by atoms with Crippen molar-refractivity contribution in [3.05, 3.63) is 83.4 Å². The average Bonchev–Trinajstić information content (AvgIpc) is 3.06. The Morgan fingerprint density at radius 1 is 0.851 bits per heavy atom. The molecule has 10 heteroatoms.